The molecule has 1 fully saturated rings. The SMILES string of the molecule is CN(C)CCC1CN(c2cccc(N3CC(C)(C)Oc4cc(C(F)(F)F)ccc43)c2)C1.NC=O. The van der Waals surface area contributed by atoms with Gasteiger partial charge in [-0.25, -0.2) is 0 Å². The predicted molar refractivity (Wildman–Crippen MR) is 129 cm³/mol. The zero-order valence-corrected chi connectivity index (χ0v) is 20.1. The number of hydrogen-bond acceptors (Lipinski definition) is 5. The number of amides is 1. The summed E-state index contributed by atoms with van der Waals surface area (Å²) in [6.45, 7) is 7.53. The van der Waals surface area contributed by atoms with Gasteiger partial charge in [0.25, 0.3) is 0 Å². The second-order valence-corrected chi connectivity index (χ2v) is 9.65. The number of nitrogens with two attached hydrogens (primary N) is 1. The van der Waals surface area contributed by atoms with Crippen LogP contribution in [0.15, 0.2) is 42.5 Å². The number of fused-ring (bicyclic) bond motifs is 1. The lowest BCUT2D eigenvalue weighted by molar-refractivity contribution is -0.137. The number of ether oxygens (including phenoxy) is 1. The van der Waals surface area contributed by atoms with Gasteiger partial charge in [-0.3, -0.25) is 4.79 Å². The van der Waals surface area contributed by atoms with E-state index in [1.807, 2.05) is 26.0 Å². The molecule has 1 amide bonds. The van der Waals surface area contributed by atoms with Crippen LogP contribution in [0.1, 0.15) is 25.8 Å². The van der Waals surface area contributed by atoms with E-state index in [0.717, 1.165) is 43.1 Å². The second-order valence-electron chi connectivity index (χ2n) is 9.65. The predicted octanol–water partition coefficient (Wildman–Crippen LogP) is 4.50. The van der Waals surface area contributed by atoms with Gasteiger partial charge in [-0.05, 0) is 83.2 Å². The number of carbonyl (C=O) groups excluding carboxylic acids is 1. The lowest BCUT2D eigenvalue weighted by Gasteiger charge is -2.43. The molecule has 2 aromatic carbocycles. The van der Waals surface area contributed by atoms with E-state index in [2.05, 4.69) is 46.7 Å². The summed E-state index contributed by atoms with van der Waals surface area (Å²) >= 11 is 0. The number of nitrogens with zero attached hydrogens (tertiary/aromatic N) is 3. The molecule has 34 heavy (non-hydrogen) atoms. The van der Waals surface area contributed by atoms with Crippen molar-refractivity contribution in [2.45, 2.75) is 32.0 Å². The Morgan fingerprint density at radius 2 is 1.79 bits per heavy atom. The fourth-order valence-corrected chi connectivity index (χ4v) is 4.28. The Hall–Kier alpha value is -2.94. The van der Waals surface area contributed by atoms with E-state index >= 15 is 0 Å². The Kier molecular flexibility index (Phi) is 7.65. The number of primary amides is 1. The summed E-state index contributed by atoms with van der Waals surface area (Å²) in [7, 11) is 4.19. The quantitative estimate of drug-likeness (QED) is 0.641. The zero-order valence-electron chi connectivity index (χ0n) is 20.1. The first-order chi connectivity index (χ1) is 15.9. The first-order valence-corrected chi connectivity index (χ1v) is 11.3. The maximum atomic E-state index is 13.2. The summed E-state index contributed by atoms with van der Waals surface area (Å²) in [5, 5.41) is 0. The van der Waals surface area contributed by atoms with Crippen molar-refractivity contribution in [2.75, 3.05) is 50.1 Å². The lowest BCUT2D eigenvalue weighted by atomic mass is 9.95. The summed E-state index contributed by atoms with van der Waals surface area (Å²) in [5.41, 5.74) is 5.64. The molecule has 2 aromatic rings. The Balaban J connectivity index is 0.00000103. The molecule has 0 saturated carbocycles. The zero-order chi connectivity index (χ0) is 25.1. The van der Waals surface area contributed by atoms with E-state index in [1.165, 1.54) is 12.5 Å². The summed E-state index contributed by atoms with van der Waals surface area (Å²) in [6.07, 6.45) is -2.96. The van der Waals surface area contributed by atoms with Crippen molar-refractivity contribution in [1.29, 1.82) is 0 Å². The van der Waals surface area contributed by atoms with Crippen molar-refractivity contribution in [3.63, 3.8) is 0 Å². The smallest absolute Gasteiger partial charge is 0.416 e. The highest BCUT2D eigenvalue weighted by Crippen LogP contribution is 2.44. The van der Waals surface area contributed by atoms with Crippen LogP contribution in [0.2, 0.25) is 0 Å². The van der Waals surface area contributed by atoms with E-state index in [9.17, 15) is 13.2 Å². The van der Waals surface area contributed by atoms with Gasteiger partial charge in [0.2, 0.25) is 6.41 Å². The molecular formula is C25H33F3N4O2. The molecule has 186 valence electrons. The fourth-order valence-electron chi connectivity index (χ4n) is 4.28. The Morgan fingerprint density at radius 3 is 2.41 bits per heavy atom. The fraction of sp³-hybridized carbons (Fsp3) is 0.480. The molecule has 0 aromatic heterocycles. The molecular weight excluding hydrogens is 445 g/mol. The van der Waals surface area contributed by atoms with E-state index in [0.29, 0.717) is 18.2 Å². The molecule has 0 aliphatic carbocycles. The standard InChI is InChI=1S/C24H30F3N3O.CH3NO/c1-23(2)16-30(21-9-8-18(24(25,26)27)12-22(21)31-23)20-7-5-6-19(13-20)29-14-17(15-29)10-11-28(3)4;2-1-3/h5-9,12-13,17H,10-11,14-16H2,1-4H3;1H,(H2,2,3). The van der Waals surface area contributed by atoms with E-state index in [4.69, 9.17) is 9.53 Å². The molecule has 0 unspecified atom stereocenters. The van der Waals surface area contributed by atoms with Crippen LogP contribution in [-0.4, -0.2) is 57.2 Å². The number of benzene rings is 2. The van der Waals surface area contributed by atoms with Crippen molar-refractivity contribution >= 4 is 23.5 Å². The monoisotopic (exact) mass is 478 g/mol. The van der Waals surface area contributed by atoms with Crippen LogP contribution in [-0.2, 0) is 11.0 Å². The number of alkyl halides is 3. The molecule has 0 bridgehead atoms. The molecule has 2 N–H and O–H groups in total. The summed E-state index contributed by atoms with van der Waals surface area (Å²) < 4.78 is 45.6. The third-order valence-corrected chi connectivity index (χ3v) is 5.95. The largest absolute Gasteiger partial charge is 0.484 e. The number of carbonyl (C=O) groups is 1. The highest BCUT2D eigenvalue weighted by atomic mass is 19.4. The highest BCUT2D eigenvalue weighted by molar-refractivity contribution is 5.74. The Labute approximate surface area is 199 Å². The van der Waals surface area contributed by atoms with Crippen LogP contribution in [0.3, 0.4) is 0 Å². The molecule has 1 saturated heterocycles. The van der Waals surface area contributed by atoms with Crippen molar-refractivity contribution in [3.8, 4) is 5.75 Å². The van der Waals surface area contributed by atoms with Crippen LogP contribution in [0, 0.1) is 5.92 Å². The van der Waals surface area contributed by atoms with Gasteiger partial charge in [-0.15, -0.1) is 0 Å². The maximum absolute atomic E-state index is 13.2. The van der Waals surface area contributed by atoms with Gasteiger partial charge in [-0.2, -0.15) is 13.2 Å². The third kappa shape index (κ3) is 6.14. The minimum atomic E-state index is -4.40. The van der Waals surface area contributed by atoms with E-state index < -0.39 is 17.3 Å². The van der Waals surface area contributed by atoms with E-state index in [-0.39, 0.29) is 12.2 Å². The van der Waals surface area contributed by atoms with Crippen LogP contribution in [0.4, 0.5) is 30.2 Å². The first kappa shape index (κ1) is 25.7. The topological polar surface area (TPSA) is 62.0 Å². The minimum absolute atomic E-state index is 0.250. The van der Waals surface area contributed by atoms with Gasteiger partial charge in [0.15, 0.2) is 0 Å². The Bertz CT molecular complexity index is 988. The average molecular weight is 479 g/mol. The normalized spacial score (nSPS) is 17.3. The minimum Gasteiger partial charge on any atom is -0.484 e. The molecule has 2 aliphatic heterocycles. The van der Waals surface area contributed by atoms with Crippen LogP contribution < -0.4 is 20.3 Å². The third-order valence-electron chi connectivity index (χ3n) is 5.95. The van der Waals surface area contributed by atoms with E-state index in [1.54, 1.807) is 0 Å². The Morgan fingerprint density at radius 1 is 1.15 bits per heavy atom. The number of halogens is 3. The van der Waals surface area contributed by atoms with Gasteiger partial charge in [0, 0.05) is 24.5 Å². The summed E-state index contributed by atoms with van der Waals surface area (Å²) in [5.74, 6) is 0.971. The number of rotatable bonds is 5. The molecule has 6 nitrogen and oxygen atoms in total. The highest BCUT2D eigenvalue weighted by Gasteiger charge is 2.37. The van der Waals surface area contributed by atoms with Gasteiger partial charge < -0.3 is 25.2 Å². The van der Waals surface area contributed by atoms with Gasteiger partial charge >= 0.3 is 6.18 Å². The van der Waals surface area contributed by atoms with Crippen LogP contribution >= 0.6 is 0 Å². The maximum Gasteiger partial charge on any atom is 0.416 e. The molecule has 0 spiro atoms. The van der Waals surface area contributed by atoms with Crippen LogP contribution in [0.25, 0.3) is 0 Å². The van der Waals surface area contributed by atoms with Crippen molar-refractivity contribution in [1.82, 2.24) is 4.90 Å². The lowest BCUT2D eigenvalue weighted by Crippen LogP contribution is -2.48. The van der Waals surface area contributed by atoms with Crippen molar-refractivity contribution < 1.29 is 22.7 Å². The molecule has 2 aliphatic rings. The second kappa shape index (κ2) is 10.1. The molecule has 9 heteroatoms. The van der Waals surface area contributed by atoms with Crippen molar-refractivity contribution in [3.05, 3.63) is 48.0 Å². The molecule has 0 atom stereocenters. The number of hydrogen-bond donors (Lipinski definition) is 1. The molecule has 0 radical (unpaired) electrons. The molecule has 2 heterocycles. The van der Waals surface area contributed by atoms with Crippen LogP contribution in [0.5, 0.6) is 5.75 Å². The van der Waals surface area contributed by atoms with Gasteiger partial charge in [0.05, 0.1) is 17.8 Å². The van der Waals surface area contributed by atoms with Gasteiger partial charge in [-0.1, -0.05) is 6.07 Å². The summed E-state index contributed by atoms with van der Waals surface area (Å²) in [6, 6.07) is 12.0. The van der Waals surface area contributed by atoms with Gasteiger partial charge in [0.1, 0.15) is 11.4 Å². The average Bonchev–Trinajstić information content (AvgIpc) is 2.71. The summed E-state index contributed by atoms with van der Waals surface area (Å²) in [4.78, 5) is 15.2. The van der Waals surface area contributed by atoms with Crippen molar-refractivity contribution in [2.24, 2.45) is 11.7 Å². The number of anilines is 3. The molecule has 4 rings (SSSR count). The first-order valence-electron chi connectivity index (χ1n) is 11.3.